The zero-order valence-corrected chi connectivity index (χ0v) is 9.43. The lowest BCUT2D eigenvalue weighted by Crippen LogP contribution is -2.31. The van der Waals surface area contributed by atoms with Crippen LogP contribution in [0.5, 0.6) is 0 Å². The van der Waals surface area contributed by atoms with Gasteiger partial charge in [0.2, 0.25) is 0 Å². The SMILES string of the molecule is CCOCCC1(O)CCCCCCC1. The minimum Gasteiger partial charge on any atom is -0.390 e. The molecule has 0 atom stereocenters. The van der Waals surface area contributed by atoms with E-state index in [1.54, 1.807) is 0 Å². The van der Waals surface area contributed by atoms with Gasteiger partial charge >= 0.3 is 0 Å². The molecule has 1 fully saturated rings. The maximum absolute atomic E-state index is 10.3. The van der Waals surface area contributed by atoms with Gasteiger partial charge in [-0.1, -0.05) is 32.1 Å². The Hall–Kier alpha value is -0.0800. The van der Waals surface area contributed by atoms with Crippen LogP contribution >= 0.6 is 0 Å². The van der Waals surface area contributed by atoms with Gasteiger partial charge < -0.3 is 9.84 Å². The van der Waals surface area contributed by atoms with Gasteiger partial charge in [0, 0.05) is 13.2 Å². The van der Waals surface area contributed by atoms with Crippen molar-refractivity contribution in [1.29, 1.82) is 0 Å². The summed E-state index contributed by atoms with van der Waals surface area (Å²) in [7, 11) is 0. The topological polar surface area (TPSA) is 29.5 Å². The van der Waals surface area contributed by atoms with E-state index in [1.165, 1.54) is 32.1 Å². The molecule has 0 spiro atoms. The highest BCUT2D eigenvalue weighted by atomic mass is 16.5. The van der Waals surface area contributed by atoms with Crippen LogP contribution in [0.3, 0.4) is 0 Å². The molecule has 0 amide bonds. The lowest BCUT2D eigenvalue weighted by Gasteiger charge is -2.29. The highest BCUT2D eigenvalue weighted by Gasteiger charge is 2.26. The van der Waals surface area contributed by atoms with E-state index in [0.717, 1.165) is 25.9 Å². The van der Waals surface area contributed by atoms with Crippen LogP contribution in [-0.4, -0.2) is 23.9 Å². The standard InChI is InChI=1S/C12H24O2/c1-2-14-11-10-12(13)8-6-4-3-5-7-9-12/h13H,2-11H2,1H3. The van der Waals surface area contributed by atoms with Gasteiger partial charge in [-0.3, -0.25) is 0 Å². The van der Waals surface area contributed by atoms with Gasteiger partial charge in [0.1, 0.15) is 0 Å². The Bertz CT molecular complexity index is 137. The zero-order chi connectivity index (χ0) is 10.3. The summed E-state index contributed by atoms with van der Waals surface area (Å²) < 4.78 is 5.31. The molecular weight excluding hydrogens is 176 g/mol. The Kier molecular flexibility index (Phi) is 5.49. The average Bonchev–Trinajstić information content (AvgIpc) is 2.13. The van der Waals surface area contributed by atoms with E-state index in [2.05, 4.69) is 0 Å². The summed E-state index contributed by atoms with van der Waals surface area (Å²) in [6, 6.07) is 0. The zero-order valence-electron chi connectivity index (χ0n) is 9.43. The quantitative estimate of drug-likeness (QED) is 0.707. The largest absolute Gasteiger partial charge is 0.390 e. The highest BCUT2D eigenvalue weighted by molar-refractivity contribution is 4.79. The van der Waals surface area contributed by atoms with Crippen molar-refractivity contribution in [2.24, 2.45) is 0 Å². The third kappa shape index (κ3) is 4.43. The molecule has 0 unspecified atom stereocenters. The van der Waals surface area contributed by atoms with E-state index in [0.29, 0.717) is 6.61 Å². The van der Waals surface area contributed by atoms with Crippen LogP contribution in [0.4, 0.5) is 0 Å². The molecule has 84 valence electrons. The first kappa shape index (κ1) is 12.0. The van der Waals surface area contributed by atoms with Gasteiger partial charge in [0.05, 0.1) is 5.60 Å². The number of ether oxygens (including phenoxy) is 1. The maximum Gasteiger partial charge on any atom is 0.0669 e. The van der Waals surface area contributed by atoms with Crippen molar-refractivity contribution in [2.75, 3.05) is 13.2 Å². The van der Waals surface area contributed by atoms with Crippen LogP contribution in [0, 0.1) is 0 Å². The molecule has 0 bridgehead atoms. The highest BCUT2D eigenvalue weighted by Crippen LogP contribution is 2.28. The molecule has 0 aromatic rings. The second-order valence-corrected chi connectivity index (χ2v) is 4.44. The lowest BCUT2D eigenvalue weighted by atomic mass is 9.85. The Morgan fingerprint density at radius 3 is 2.21 bits per heavy atom. The number of rotatable bonds is 4. The fourth-order valence-corrected chi connectivity index (χ4v) is 2.22. The first-order valence-electron chi connectivity index (χ1n) is 6.07. The fourth-order valence-electron chi connectivity index (χ4n) is 2.22. The Labute approximate surface area is 87.7 Å². The molecule has 1 saturated carbocycles. The van der Waals surface area contributed by atoms with Crippen LogP contribution in [0.1, 0.15) is 58.3 Å². The summed E-state index contributed by atoms with van der Waals surface area (Å²) in [6.45, 7) is 3.48. The van der Waals surface area contributed by atoms with Gasteiger partial charge in [0.25, 0.3) is 0 Å². The summed E-state index contributed by atoms with van der Waals surface area (Å²) in [6.07, 6.45) is 9.06. The molecule has 14 heavy (non-hydrogen) atoms. The summed E-state index contributed by atoms with van der Waals surface area (Å²) in [5.41, 5.74) is -0.421. The fraction of sp³-hybridized carbons (Fsp3) is 1.00. The minimum atomic E-state index is -0.421. The van der Waals surface area contributed by atoms with Crippen molar-refractivity contribution >= 4 is 0 Å². The molecular formula is C12H24O2. The molecule has 1 aliphatic rings. The van der Waals surface area contributed by atoms with Crippen LogP contribution in [0.15, 0.2) is 0 Å². The molecule has 1 rings (SSSR count). The Morgan fingerprint density at radius 2 is 1.64 bits per heavy atom. The van der Waals surface area contributed by atoms with Crippen molar-refractivity contribution in [1.82, 2.24) is 0 Å². The van der Waals surface area contributed by atoms with Crippen molar-refractivity contribution in [2.45, 2.75) is 63.9 Å². The third-order valence-corrected chi connectivity index (χ3v) is 3.20. The van der Waals surface area contributed by atoms with E-state index >= 15 is 0 Å². The Balaban J connectivity index is 2.27. The molecule has 0 aromatic heterocycles. The second-order valence-electron chi connectivity index (χ2n) is 4.44. The average molecular weight is 200 g/mol. The molecule has 0 saturated heterocycles. The number of hydrogen-bond donors (Lipinski definition) is 1. The van der Waals surface area contributed by atoms with Crippen molar-refractivity contribution in [3.05, 3.63) is 0 Å². The molecule has 0 heterocycles. The van der Waals surface area contributed by atoms with E-state index in [1.807, 2.05) is 6.92 Å². The van der Waals surface area contributed by atoms with Crippen molar-refractivity contribution in [3.63, 3.8) is 0 Å². The molecule has 0 aliphatic heterocycles. The first-order chi connectivity index (χ1) is 6.77. The predicted octanol–water partition coefficient (Wildman–Crippen LogP) is 2.89. The summed E-state index contributed by atoms with van der Waals surface area (Å²) >= 11 is 0. The Morgan fingerprint density at radius 1 is 1.07 bits per heavy atom. The molecule has 0 aromatic carbocycles. The van der Waals surface area contributed by atoms with E-state index < -0.39 is 5.60 Å². The van der Waals surface area contributed by atoms with E-state index in [-0.39, 0.29) is 0 Å². The molecule has 2 heteroatoms. The molecule has 1 N–H and O–H groups in total. The van der Waals surface area contributed by atoms with Gasteiger partial charge in [-0.2, -0.15) is 0 Å². The van der Waals surface area contributed by atoms with Gasteiger partial charge in [0.15, 0.2) is 0 Å². The van der Waals surface area contributed by atoms with Crippen molar-refractivity contribution < 1.29 is 9.84 Å². The predicted molar refractivity (Wildman–Crippen MR) is 58.4 cm³/mol. The lowest BCUT2D eigenvalue weighted by molar-refractivity contribution is -0.0180. The molecule has 2 nitrogen and oxygen atoms in total. The van der Waals surface area contributed by atoms with Gasteiger partial charge in [-0.25, -0.2) is 0 Å². The van der Waals surface area contributed by atoms with Crippen LogP contribution in [0.25, 0.3) is 0 Å². The first-order valence-corrected chi connectivity index (χ1v) is 6.07. The van der Waals surface area contributed by atoms with E-state index in [9.17, 15) is 5.11 Å². The normalized spacial score (nSPS) is 22.7. The minimum absolute atomic E-state index is 0.421. The monoisotopic (exact) mass is 200 g/mol. The van der Waals surface area contributed by atoms with Crippen LogP contribution in [0.2, 0.25) is 0 Å². The van der Waals surface area contributed by atoms with E-state index in [4.69, 9.17) is 4.74 Å². The molecule has 0 radical (unpaired) electrons. The summed E-state index contributed by atoms with van der Waals surface area (Å²) in [5.74, 6) is 0. The number of aliphatic hydroxyl groups is 1. The van der Waals surface area contributed by atoms with Crippen LogP contribution < -0.4 is 0 Å². The maximum atomic E-state index is 10.3. The van der Waals surface area contributed by atoms with Gasteiger partial charge in [-0.15, -0.1) is 0 Å². The van der Waals surface area contributed by atoms with Gasteiger partial charge in [-0.05, 0) is 26.2 Å². The second kappa shape index (κ2) is 6.41. The summed E-state index contributed by atoms with van der Waals surface area (Å²) in [4.78, 5) is 0. The van der Waals surface area contributed by atoms with Crippen molar-refractivity contribution in [3.8, 4) is 0 Å². The smallest absolute Gasteiger partial charge is 0.0669 e. The van der Waals surface area contributed by atoms with Crippen LogP contribution in [-0.2, 0) is 4.74 Å². The number of hydrogen-bond acceptors (Lipinski definition) is 2. The summed E-state index contributed by atoms with van der Waals surface area (Å²) in [5, 5.41) is 10.3. The molecule has 1 aliphatic carbocycles. The third-order valence-electron chi connectivity index (χ3n) is 3.20.